The summed E-state index contributed by atoms with van der Waals surface area (Å²) in [6.45, 7) is 5.42. The summed E-state index contributed by atoms with van der Waals surface area (Å²) in [5.41, 5.74) is 3.86. The molecule has 0 aromatic rings. The van der Waals surface area contributed by atoms with Gasteiger partial charge in [0.25, 0.3) is 0 Å². The molecule has 4 atom stereocenters. The first-order valence-electron chi connectivity index (χ1n) is 9.35. The minimum Gasteiger partial charge on any atom is -1.00 e. The van der Waals surface area contributed by atoms with Crippen molar-refractivity contribution in [1.82, 2.24) is 0 Å². The van der Waals surface area contributed by atoms with Crippen molar-refractivity contribution in [3.05, 3.63) is 47.6 Å². The Hall–Kier alpha value is -0.0930. The van der Waals surface area contributed by atoms with Crippen LogP contribution in [0.2, 0.25) is 20.4 Å². The Balaban J connectivity index is 0.00000104. The van der Waals surface area contributed by atoms with Gasteiger partial charge >= 0.3 is 145 Å². The van der Waals surface area contributed by atoms with Crippen LogP contribution >= 0.6 is 0 Å². The van der Waals surface area contributed by atoms with Crippen LogP contribution in [0, 0.1) is 11.8 Å². The second-order valence-electron chi connectivity index (χ2n) is 7.97. The van der Waals surface area contributed by atoms with Crippen molar-refractivity contribution in [3.63, 3.8) is 0 Å². The van der Waals surface area contributed by atoms with Crippen molar-refractivity contribution in [2.24, 2.45) is 11.8 Å². The maximum absolute atomic E-state index is 2.71. The molecule has 4 aliphatic carbocycles. The Bertz CT molecular complexity index is 518. The summed E-state index contributed by atoms with van der Waals surface area (Å²) in [5, 5.41) is 0. The van der Waals surface area contributed by atoms with Crippen LogP contribution in [0.4, 0.5) is 0 Å². The molecule has 2 saturated carbocycles. The smallest absolute Gasteiger partial charge is 1.00 e. The molecule has 0 nitrogen and oxygen atoms in total. The molecule has 0 bridgehead atoms. The van der Waals surface area contributed by atoms with E-state index in [0.29, 0.717) is 0 Å². The number of rotatable bonds is 3. The molecule has 0 amide bonds. The molecule has 4 aliphatic rings. The molecule has 24 heavy (non-hydrogen) atoms. The van der Waals surface area contributed by atoms with Gasteiger partial charge in [-0.1, -0.05) is 0 Å². The van der Waals surface area contributed by atoms with Crippen LogP contribution in [0.25, 0.3) is 0 Å². The van der Waals surface area contributed by atoms with Gasteiger partial charge in [-0.25, -0.2) is 0 Å². The maximum atomic E-state index is 2.71. The summed E-state index contributed by atoms with van der Waals surface area (Å²) >= 11 is -1.56. The van der Waals surface area contributed by atoms with Crippen molar-refractivity contribution in [3.8, 4) is 0 Å². The first-order valence-corrected chi connectivity index (χ1v) is 22.6. The van der Waals surface area contributed by atoms with E-state index in [2.05, 4.69) is 49.6 Å². The van der Waals surface area contributed by atoms with Gasteiger partial charge in [-0.3, -0.25) is 0 Å². The van der Waals surface area contributed by atoms with Crippen molar-refractivity contribution < 1.29 is 30.0 Å². The molecule has 0 N–H and O–H groups in total. The monoisotopic (exact) mass is 515 g/mol. The van der Waals surface area contributed by atoms with Gasteiger partial charge in [0.05, 0.1) is 0 Å². The van der Waals surface area contributed by atoms with Crippen LogP contribution in [-0.2, 0) is 20.6 Å². The fourth-order valence-electron chi connectivity index (χ4n) is 5.59. The molecule has 0 saturated heterocycles. The number of allylic oxidation sites excluding steroid dienone is 8. The quantitative estimate of drug-likeness (QED) is 0.457. The van der Waals surface area contributed by atoms with E-state index >= 15 is 0 Å². The number of fused-ring (bicyclic) bond motifs is 2. The van der Waals surface area contributed by atoms with E-state index in [-0.39, 0.29) is 9.41 Å². The molecule has 2 fully saturated rings. The van der Waals surface area contributed by atoms with Crippen LogP contribution < -0.4 is 9.41 Å². The normalized spacial score (nSPS) is 33.1. The second-order valence-corrected chi connectivity index (χ2v) is 36.8. The van der Waals surface area contributed by atoms with Gasteiger partial charge < -0.3 is 9.41 Å². The fraction of sp³-hybridized carbons (Fsp3) is 0.600. The van der Waals surface area contributed by atoms with Gasteiger partial charge in [-0.2, -0.15) is 0 Å². The van der Waals surface area contributed by atoms with Crippen LogP contribution in [0.3, 0.4) is 0 Å². The zero-order valence-corrected chi connectivity index (χ0v) is 19.6. The van der Waals surface area contributed by atoms with E-state index in [0.717, 1.165) is 19.2 Å². The Morgan fingerprint density at radius 1 is 0.792 bits per heavy atom. The fourth-order valence-corrected chi connectivity index (χ4v) is 40.9. The number of halogens is 2. The summed E-state index contributed by atoms with van der Waals surface area (Å²) in [5.74, 6) is 1.45. The average Bonchev–Trinajstić information content (AvgIpc) is 3.13. The summed E-state index contributed by atoms with van der Waals surface area (Å²) in [6.07, 6.45) is 23.5. The Labute approximate surface area is 154 Å². The van der Waals surface area contributed by atoms with E-state index in [1.165, 1.54) is 25.7 Å². The molecule has 0 aromatic heterocycles. The molecule has 0 radical (unpaired) electrons. The van der Waals surface area contributed by atoms with Crippen LogP contribution in [0.15, 0.2) is 47.6 Å². The summed E-state index contributed by atoms with van der Waals surface area (Å²) in [4.78, 5) is 0. The van der Waals surface area contributed by atoms with Gasteiger partial charge in [0.15, 0.2) is 0 Å². The molecule has 0 spiro atoms. The molecular formula is C20H29F2HfSi. The summed E-state index contributed by atoms with van der Waals surface area (Å²) < 4.78 is 2.25. The van der Waals surface area contributed by atoms with Crippen molar-refractivity contribution in [2.45, 2.75) is 59.0 Å². The minimum absolute atomic E-state index is 0. The van der Waals surface area contributed by atoms with E-state index in [1.54, 1.807) is 12.8 Å². The van der Waals surface area contributed by atoms with Gasteiger partial charge in [0.2, 0.25) is 0 Å². The van der Waals surface area contributed by atoms with Gasteiger partial charge in [-0.05, 0) is 0 Å². The van der Waals surface area contributed by atoms with Gasteiger partial charge in [0.1, 0.15) is 0 Å². The largest absolute Gasteiger partial charge is 1.00 e. The summed E-state index contributed by atoms with van der Waals surface area (Å²) in [7, 11) is 0. The van der Waals surface area contributed by atoms with Crippen molar-refractivity contribution in [2.75, 3.05) is 0 Å². The Morgan fingerprint density at radius 2 is 1.25 bits per heavy atom. The first-order chi connectivity index (χ1) is 10.8. The third-order valence-corrected chi connectivity index (χ3v) is 39.1. The van der Waals surface area contributed by atoms with Gasteiger partial charge in [-0.15, -0.1) is 0 Å². The molecular weight excluding hydrogens is 485 g/mol. The Kier molecular flexibility index (Phi) is 7.18. The van der Waals surface area contributed by atoms with Crippen LogP contribution in [0.1, 0.15) is 38.5 Å². The third kappa shape index (κ3) is 3.55. The molecule has 4 rings (SSSR count). The standard InChI is InChI=1S/2C9H11.C2H7Si.2FH.Hf/c2*1-2-5-9-7-3-6-8(9)4-1;1-3-2;;;/h2*1-2,4,6,9H,3,5,7H2;3H,1-2H3;2*1H;/q;;;;;+2/p-2. The predicted molar refractivity (Wildman–Crippen MR) is 95.5 cm³/mol. The molecule has 4 unspecified atom stereocenters. The topological polar surface area (TPSA) is 0 Å². The van der Waals surface area contributed by atoms with E-state index in [1.807, 2.05) is 11.1 Å². The maximum Gasteiger partial charge on any atom is -1.00 e. The zero-order valence-electron chi connectivity index (χ0n) is 14.8. The number of hydrogen-bond donors (Lipinski definition) is 0. The molecule has 0 heterocycles. The molecule has 0 aromatic carbocycles. The SMILES string of the molecule is C[SiH](C)[Hf+2]([CH]1CCC2CC=CC=C21)[CH]1CCC2CC=CC=C21.[F-].[F-]. The third-order valence-electron chi connectivity index (χ3n) is 6.52. The van der Waals surface area contributed by atoms with E-state index < -0.39 is 26.6 Å². The average molecular weight is 514 g/mol. The Morgan fingerprint density at radius 3 is 1.67 bits per heavy atom. The van der Waals surface area contributed by atoms with E-state index in [4.69, 9.17) is 0 Å². The minimum atomic E-state index is -1.56. The van der Waals surface area contributed by atoms with Gasteiger partial charge in [0, 0.05) is 0 Å². The molecule has 131 valence electrons. The first kappa shape index (κ1) is 20.2. The molecule has 4 heteroatoms. The zero-order chi connectivity index (χ0) is 15.1. The van der Waals surface area contributed by atoms with Crippen LogP contribution in [0.5, 0.6) is 0 Å². The predicted octanol–water partition coefficient (Wildman–Crippen LogP) is -0.234. The molecule has 0 aliphatic heterocycles. The number of hydrogen-bond acceptors (Lipinski definition) is 0. The second kappa shape index (κ2) is 8.53. The van der Waals surface area contributed by atoms with Crippen molar-refractivity contribution >= 4 is 5.98 Å². The van der Waals surface area contributed by atoms with Crippen LogP contribution in [-0.4, -0.2) is 5.98 Å². The van der Waals surface area contributed by atoms with Crippen molar-refractivity contribution in [1.29, 1.82) is 0 Å². The summed E-state index contributed by atoms with van der Waals surface area (Å²) in [6, 6.07) is 0. The van der Waals surface area contributed by atoms with E-state index in [9.17, 15) is 0 Å².